The Hall–Kier alpha value is -2.29. The molecule has 0 spiro atoms. The Bertz CT molecular complexity index is 677. The van der Waals surface area contributed by atoms with E-state index in [4.69, 9.17) is 5.26 Å². The Balaban J connectivity index is 2.84. The van der Waals surface area contributed by atoms with Crippen LogP contribution < -0.4 is 0 Å². The smallest absolute Gasteiger partial charge is 0.307 e. The molecular formula is C12H7F3N2O. The van der Waals surface area contributed by atoms with Crippen molar-refractivity contribution in [3.05, 3.63) is 41.2 Å². The molecule has 18 heavy (non-hydrogen) atoms. The van der Waals surface area contributed by atoms with Gasteiger partial charge in [-0.1, -0.05) is 6.07 Å². The van der Waals surface area contributed by atoms with Crippen LogP contribution in [0, 0.1) is 18.3 Å². The molecule has 0 aromatic carbocycles. The fourth-order valence-electron chi connectivity index (χ4n) is 1.90. The number of fused-ring (bicyclic) bond motifs is 1. The number of aromatic nitrogens is 1. The SMILES string of the molecule is Cc1c(C(=O)C(F)(F)F)c2ccccn2c1C#N. The van der Waals surface area contributed by atoms with Gasteiger partial charge in [0, 0.05) is 6.20 Å². The third-order valence-electron chi connectivity index (χ3n) is 2.68. The van der Waals surface area contributed by atoms with Gasteiger partial charge in [-0.15, -0.1) is 0 Å². The fraction of sp³-hybridized carbons (Fsp3) is 0.167. The maximum absolute atomic E-state index is 12.5. The summed E-state index contributed by atoms with van der Waals surface area (Å²) in [6.07, 6.45) is -3.50. The lowest BCUT2D eigenvalue weighted by Crippen LogP contribution is -2.23. The number of alkyl halides is 3. The Morgan fingerprint density at radius 1 is 1.39 bits per heavy atom. The second-order valence-electron chi connectivity index (χ2n) is 3.74. The predicted octanol–water partition coefficient (Wildman–Crippen LogP) is 2.86. The zero-order valence-electron chi connectivity index (χ0n) is 9.25. The number of nitrogens with zero attached hydrogens (tertiary/aromatic N) is 2. The molecule has 0 saturated carbocycles. The highest BCUT2D eigenvalue weighted by Crippen LogP contribution is 2.29. The molecule has 0 fully saturated rings. The van der Waals surface area contributed by atoms with Crippen LogP contribution in [0.3, 0.4) is 0 Å². The average Bonchev–Trinajstić information content (AvgIpc) is 2.58. The van der Waals surface area contributed by atoms with Gasteiger partial charge < -0.3 is 4.40 Å². The van der Waals surface area contributed by atoms with Crippen LogP contribution in [0.5, 0.6) is 0 Å². The summed E-state index contributed by atoms with van der Waals surface area (Å²) in [7, 11) is 0. The molecule has 0 aliphatic rings. The second kappa shape index (κ2) is 3.88. The number of pyridine rings is 1. The molecule has 2 aromatic heterocycles. The number of rotatable bonds is 1. The van der Waals surface area contributed by atoms with Crippen molar-refractivity contribution in [2.75, 3.05) is 0 Å². The molecule has 0 aliphatic heterocycles. The largest absolute Gasteiger partial charge is 0.454 e. The average molecular weight is 252 g/mol. The lowest BCUT2D eigenvalue weighted by molar-refractivity contribution is -0.0884. The van der Waals surface area contributed by atoms with E-state index in [2.05, 4.69) is 0 Å². The van der Waals surface area contributed by atoms with Gasteiger partial charge >= 0.3 is 6.18 Å². The van der Waals surface area contributed by atoms with Crippen LogP contribution in [0.4, 0.5) is 13.2 Å². The van der Waals surface area contributed by atoms with E-state index in [1.165, 1.54) is 29.7 Å². The molecule has 0 bridgehead atoms. The molecule has 0 unspecified atom stereocenters. The predicted molar refractivity (Wildman–Crippen MR) is 57.2 cm³/mol. The van der Waals surface area contributed by atoms with Crippen LogP contribution in [-0.4, -0.2) is 16.4 Å². The lowest BCUT2D eigenvalue weighted by atomic mass is 10.1. The number of hydrogen-bond donors (Lipinski definition) is 0. The van der Waals surface area contributed by atoms with Crippen molar-refractivity contribution in [2.45, 2.75) is 13.1 Å². The third kappa shape index (κ3) is 1.64. The minimum atomic E-state index is -4.95. The quantitative estimate of drug-likeness (QED) is 0.732. The van der Waals surface area contributed by atoms with Gasteiger partial charge in [-0.2, -0.15) is 18.4 Å². The van der Waals surface area contributed by atoms with E-state index in [1.54, 1.807) is 6.07 Å². The summed E-state index contributed by atoms with van der Waals surface area (Å²) in [6.45, 7) is 1.34. The molecule has 3 nitrogen and oxygen atoms in total. The Morgan fingerprint density at radius 2 is 2.06 bits per heavy atom. The number of carbonyl (C=O) groups is 1. The van der Waals surface area contributed by atoms with E-state index in [-0.39, 0.29) is 16.8 Å². The summed E-state index contributed by atoms with van der Waals surface area (Å²) in [5.41, 5.74) is -0.280. The van der Waals surface area contributed by atoms with E-state index in [0.29, 0.717) is 0 Å². The van der Waals surface area contributed by atoms with Crippen LogP contribution in [0.25, 0.3) is 5.52 Å². The van der Waals surface area contributed by atoms with Crippen molar-refractivity contribution in [2.24, 2.45) is 0 Å². The minimum absolute atomic E-state index is 0.0400. The van der Waals surface area contributed by atoms with Crippen molar-refractivity contribution in [1.82, 2.24) is 4.40 Å². The zero-order valence-corrected chi connectivity index (χ0v) is 9.25. The second-order valence-corrected chi connectivity index (χ2v) is 3.74. The molecule has 2 aromatic rings. The molecular weight excluding hydrogens is 245 g/mol. The molecule has 0 aliphatic carbocycles. The van der Waals surface area contributed by atoms with Gasteiger partial charge in [-0.3, -0.25) is 4.79 Å². The van der Waals surface area contributed by atoms with Crippen LogP contribution in [0.2, 0.25) is 0 Å². The monoisotopic (exact) mass is 252 g/mol. The Labute approximate surface area is 100 Å². The zero-order chi connectivity index (χ0) is 13.5. The lowest BCUT2D eigenvalue weighted by Gasteiger charge is -2.04. The number of ketones is 1. The molecule has 0 atom stereocenters. The van der Waals surface area contributed by atoms with Gasteiger partial charge in [-0.05, 0) is 24.6 Å². The Morgan fingerprint density at radius 3 is 2.61 bits per heavy atom. The van der Waals surface area contributed by atoms with Crippen LogP contribution >= 0.6 is 0 Å². The molecule has 0 saturated heterocycles. The molecule has 92 valence electrons. The van der Waals surface area contributed by atoms with Gasteiger partial charge in [0.25, 0.3) is 5.78 Å². The number of Topliss-reactive ketones (excluding diaryl/α,β-unsaturated/α-hetero) is 1. The van der Waals surface area contributed by atoms with Crippen LogP contribution in [-0.2, 0) is 0 Å². The van der Waals surface area contributed by atoms with E-state index in [1.807, 2.05) is 6.07 Å². The van der Waals surface area contributed by atoms with Gasteiger partial charge in [0.2, 0.25) is 0 Å². The summed E-state index contributed by atoms with van der Waals surface area (Å²) in [5, 5.41) is 8.95. The first kappa shape index (κ1) is 12.2. The molecule has 2 heterocycles. The first-order chi connectivity index (χ1) is 8.38. The van der Waals surface area contributed by atoms with Crippen molar-refractivity contribution < 1.29 is 18.0 Å². The van der Waals surface area contributed by atoms with Crippen LogP contribution in [0.15, 0.2) is 24.4 Å². The summed E-state index contributed by atoms with van der Waals surface area (Å²) in [6, 6.07) is 6.29. The van der Waals surface area contributed by atoms with E-state index >= 15 is 0 Å². The normalized spacial score (nSPS) is 11.5. The maximum atomic E-state index is 12.5. The van der Waals surface area contributed by atoms with E-state index in [9.17, 15) is 18.0 Å². The van der Waals surface area contributed by atoms with Crippen molar-refractivity contribution in [3.8, 4) is 6.07 Å². The molecule has 6 heteroatoms. The van der Waals surface area contributed by atoms with Gasteiger partial charge in [0.15, 0.2) is 0 Å². The maximum Gasteiger partial charge on any atom is 0.454 e. The topological polar surface area (TPSA) is 45.3 Å². The fourth-order valence-corrected chi connectivity index (χ4v) is 1.90. The Kier molecular flexibility index (Phi) is 2.62. The molecule has 0 amide bonds. The number of hydrogen-bond acceptors (Lipinski definition) is 2. The molecule has 2 rings (SSSR count). The van der Waals surface area contributed by atoms with Crippen molar-refractivity contribution >= 4 is 11.3 Å². The van der Waals surface area contributed by atoms with Gasteiger partial charge in [0.05, 0.1) is 11.1 Å². The third-order valence-corrected chi connectivity index (χ3v) is 2.68. The van der Waals surface area contributed by atoms with Crippen LogP contribution in [0.1, 0.15) is 21.6 Å². The minimum Gasteiger partial charge on any atom is -0.307 e. The summed E-state index contributed by atoms with van der Waals surface area (Å²) >= 11 is 0. The molecule has 0 N–H and O–H groups in total. The van der Waals surface area contributed by atoms with Gasteiger partial charge in [-0.25, -0.2) is 0 Å². The number of carbonyl (C=O) groups excluding carboxylic acids is 1. The van der Waals surface area contributed by atoms with E-state index in [0.717, 1.165) is 0 Å². The standard InChI is InChI=1S/C12H7F3N2O/c1-7-9(6-16)17-5-3-2-4-8(17)10(7)11(18)12(13,14)15/h2-5H,1H3. The number of halogens is 3. The first-order valence-corrected chi connectivity index (χ1v) is 4.99. The first-order valence-electron chi connectivity index (χ1n) is 4.99. The highest BCUT2D eigenvalue weighted by Gasteiger charge is 2.42. The van der Waals surface area contributed by atoms with Gasteiger partial charge in [0.1, 0.15) is 11.8 Å². The van der Waals surface area contributed by atoms with E-state index < -0.39 is 17.5 Å². The highest BCUT2D eigenvalue weighted by atomic mass is 19.4. The summed E-state index contributed by atoms with van der Waals surface area (Å²) < 4.78 is 38.8. The number of nitriles is 1. The summed E-state index contributed by atoms with van der Waals surface area (Å²) in [5.74, 6) is -1.93. The summed E-state index contributed by atoms with van der Waals surface area (Å²) in [4.78, 5) is 11.4. The van der Waals surface area contributed by atoms with Crippen molar-refractivity contribution in [3.63, 3.8) is 0 Å². The molecule has 0 radical (unpaired) electrons. The highest BCUT2D eigenvalue weighted by molar-refractivity contribution is 6.07. The van der Waals surface area contributed by atoms with Crippen molar-refractivity contribution in [1.29, 1.82) is 5.26 Å².